The lowest BCUT2D eigenvalue weighted by atomic mass is 9.92. The number of rotatable bonds is 4. The minimum absolute atomic E-state index is 0.174. The van der Waals surface area contributed by atoms with E-state index < -0.39 is 0 Å². The van der Waals surface area contributed by atoms with Crippen LogP contribution in [0.2, 0.25) is 0 Å². The minimum atomic E-state index is 0.174. The van der Waals surface area contributed by atoms with Crippen molar-refractivity contribution in [3.05, 3.63) is 12.4 Å². The molecule has 1 aliphatic heterocycles. The van der Waals surface area contributed by atoms with Crippen LogP contribution in [-0.2, 0) is 11.3 Å². The first-order valence-corrected chi connectivity index (χ1v) is 6.54. The van der Waals surface area contributed by atoms with Crippen molar-refractivity contribution in [2.45, 2.75) is 38.8 Å². The molecule has 0 aliphatic carbocycles. The molecule has 1 aromatic heterocycles. The first kappa shape index (κ1) is 13.0. The number of hydrogen-bond acceptors (Lipinski definition) is 4. The van der Waals surface area contributed by atoms with E-state index in [1.165, 1.54) is 0 Å². The van der Waals surface area contributed by atoms with Crippen LogP contribution in [0.1, 0.15) is 26.2 Å². The van der Waals surface area contributed by atoms with E-state index in [9.17, 15) is 4.79 Å². The highest BCUT2D eigenvalue weighted by molar-refractivity contribution is 5.76. The van der Waals surface area contributed by atoms with E-state index in [-0.39, 0.29) is 11.9 Å². The maximum atomic E-state index is 12.2. The molecule has 0 radical (unpaired) electrons. The van der Waals surface area contributed by atoms with Gasteiger partial charge in [0.05, 0.1) is 12.7 Å². The molecule has 2 N–H and O–H groups in total. The standard InChI is InChI=1S/C12H21N5O/c1-10-2-6-17(11(8-10)9-13)12(18)3-5-16-7-4-14-15-16/h4,7,10-11H,2-3,5-6,8-9,13H2,1H3. The summed E-state index contributed by atoms with van der Waals surface area (Å²) >= 11 is 0. The van der Waals surface area contributed by atoms with Gasteiger partial charge in [-0.15, -0.1) is 5.10 Å². The molecule has 2 unspecified atom stereocenters. The number of carbonyl (C=O) groups excluding carboxylic acids is 1. The van der Waals surface area contributed by atoms with Crippen LogP contribution in [0, 0.1) is 5.92 Å². The Balaban J connectivity index is 1.87. The van der Waals surface area contributed by atoms with Gasteiger partial charge >= 0.3 is 0 Å². The number of likely N-dealkylation sites (tertiary alicyclic amines) is 1. The van der Waals surface area contributed by atoms with Gasteiger partial charge < -0.3 is 10.6 Å². The summed E-state index contributed by atoms with van der Waals surface area (Å²) in [5.41, 5.74) is 5.76. The highest BCUT2D eigenvalue weighted by Gasteiger charge is 2.28. The Labute approximate surface area is 107 Å². The van der Waals surface area contributed by atoms with Crippen molar-refractivity contribution in [3.8, 4) is 0 Å². The highest BCUT2D eigenvalue weighted by Crippen LogP contribution is 2.22. The Morgan fingerprint density at radius 2 is 2.39 bits per heavy atom. The topological polar surface area (TPSA) is 77.0 Å². The van der Waals surface area contributed by atoms with Gasteiger partial charge in [0.2, 0.25) is 5.91 Å². The Hall–Kier alpha value is -1.43. The van der Waals surface area contributed by atoms with Crippen LogP contribution in [0.15, 0.2) is 12.4 Å². The van der Waals surface area contributed by atoms with Crippen molar-refractivity contribution in [3.63, 3.8) is 0 Å². The number of hydrogen-bond donors (Lipinski definition) is 1. The van der Waals surface area contributed by atoms with Crippen molar-refractivity contribution in [1.29, 1.82) is 0 Å². The second kappa shape index (κ2) is 5.95. The summed E-state index contributed by atoms with van der Waals surface area (Å²) in [5.74, 6) is 0.839. The summed E-state index contributed by atoms with van der Waals surface area (Å²) in [6.07, 6.45) is 5.95. The summed E-state index contributed by atoms with van der Waals surface area (Å²) in [4.78, 5) is 14.1. The average Bonchev–Trinajstić information content (AvgIpc) is 2.88. The maximum absolute atomic E-state index is 12.2. The SMILES string of the molecule is CC1CCN(C(=O)CCn2ccnn2)C(CN)C1. The van der Waals surface area contributed by atoms with E-state index in [0.29, 0.717) is 25.4 Å². The zero-order valence-corrected chi connectivity index (χ0v) is 10.8. The molecule has 1 fully saturated rings. The molecule has 100 valence electrons. The number of nitrogens with two attached hydrogens (primary N) is 1. The van der Waals surface area contributed by atoms with Crippen LogP contribution in [0.4, 0.5) is 0 Å². The van der Waals surface area contributed by atoms with Crippen molar-refractivity contribution < 1.29 is 4.79 Å². The van der Waals surface area contributed by atoms with E-state index in [4.69, 9.17) is 5.73 Å². The van der Waals surface area contributed by atoms with Gasteiger partial charge in [-0.1, -0.05) is 12.1 Å². The van der Waals surface area contributed by atoms with Gasteiger partial charge in [0.25, 0.3) is 0 Å². The molecule has 6 heteroatoms. The quantitative estimate of drug-likeness (QED) is 0.832. The summed E-state index contributed by atoms with van der Waals surface area (Å²) < 4.78 is 1.68. The number of nitrogens with zero attached hydrogens (tertiary/aromatic N) is 4. The smallest absolute Gasteiger partial charge is 0.224 e. The van der Waals surface area contributed by atoms with E-state index in [1.807, 2.05) is 4.90 Å². The molecular formula is C12H21N5O. The second-order valence-electron chi connectivity index (χ2n) is 5.02. The zero-order valence-electron chi connectivity index (χ0n) is 10.8. The number of aromatic nitrogens is 3. The number of aryl methyl sites for hydroxylation is 1. The minimum Gasteiger partial charge on any atom is -0.338 e. The molecule has 2 heterocycles. The third-order valence-electron chi connectivity index (χ3n) is 3.60. The molecule has 1 saturated heterocycles. The van der Waals surface area contributed by atoms with Crippen LogP contribution >= 0.6 is 0 Å². The van der Waals surface area contributed by atoms with Crippen LogP contribution < -0.4 is 5.73 Å². The molecule has 6 nitrogen and oxygen atoms in total. The fourth-order valence-corrected chi connectivity index (χ4v) is 2.51. The van der Waals surface area contributed by atoms with E-state index in [0.717, 1.165) is 19.4 Å². The molecule has 1 aliphatic rings. The maximum Gasteiger partial charge on any atom is 0.224 e. The van der Waals surface area contributed by atoms with Crippen molar-refractivity contribution in [2.24, 2.45) is 11.7 Å². The van der Waals surface area contributed by atoms with Gasteiger partial charge in [-0.05, 0) is 18.8 Å². The fourth-order valence-electron chi connectivity index (χ4n) is 2.51. The lowest BCUT2D eigenvalue weighted by molar-refractivity contribution is -0.135. The van der Waals surface area contributed by atoms with Crippen LogP contribution in [0.3, 0.4) is 0 Å². The molecule has 1 amide bonds. The lowest BCUT2D eigenvalue weighted by Gasteiger charge is -2.38. The van der Waals surface area contributed by atoms with Crippen LogP contribution in [0.25, 0.3) is 0 Å². The van der Waals surface area contributed by atoms with E-state index in [1.54, 1.807) is 17.1 Å². The average molecular weight is 251 g/mol. The van der Waals surface area contributed by atoms with Gasteiger partial charge in [-0.25, -0.2) is 0 Å². The predicted octanol–water partition coefficient (Wildman–Crippen LogP) is 0.254. The van der Waals surface area contributed by atoms with Gasteiger partial charge in [0.15, 0.2) is 0 Å². The largest absolute Gasteiger partial charge is 0.338 e. The predicted molar refractivity (Wildman–Crippen MR) is 67.6 cm³/mol. The highest BCUT2D eigenvalue weighted by atomic mass is 16.2. The zero-order chi connectivity index (χ0) is 13.0. The summed E-state index contributed by atoms with van der Waals surface area (Å²) in [7, 11) is 0. The van der Waals surface area contributed by atoms with Gasteiger partial charge in [0.1, 0.15) is 0 Å². The first-order chi connectivity index (χ1) is 8.70. The summed E-state index contributed by atoms with van der Waals surface area (Å²) in [6.45, 7) is 4.20. The normalized spacial score (nSPS) is 24.2. The summed E-state index contributed by atoms with van der Waals surface area (Å²) in [5, 5.41) is 7.58. The molecule has 2 rings (SSSR count). The number of piperidine rings is 1. The molecule has 18 heavy (non-hydrogen) atoms. The number of carbonyl (C=O) groups is 1. The van der Waals surface area contributed by atoms with Crippen LogP contribution in [0.5, 0.6) is 0 Å². The monoisotopic (exact) mass is 251 g/mol. The van der Waals surface area contributed by atoms with Crippen molar-refractivity contribution >= 4 is 5.91 Å². The Morgan fingerprint density at radius 3 is 3.06 bits per heavy atom. The van der Waals surface area contributed by atoms with E-state index in [2.05, 4.69) is 17.2 Å². The molecule has 0 bridgehead atoms. The molecule has 0 aromatic carbocycles. The van der Waals surface area contributed by atoms with Crippen LogP contribution in [-0.4, -0.2) is 44.9 Å². The fraction of sp³-hybridized carbons (Fsp3) is 0.750. The third kappa shape index (κ3) is 3.07. The van der Waals surface area contributed by atoms with Crippen molar-refractivity contribution in [2.75, 3.05) is 13.1 Å². The third-order valence-corrected chi connectivity index (χ3v) is 3.60. The first-order valence-electron chi connectivity index (χ1n) is 6.54. The lowest BCUT2D eigenvalue weighted by Crippen LogP contribution is -2.49. The summed E-state index contributed by atoms with van der Waals surface area (Å²) in [6, 6.07) is 0.206. The van der Waals surface area contributed by atoms with Gasteiger partial charge in [-0.2, -0.15) is 0 Å². The molecule has 1 aromatic rings. The molecule has 0 spiro atoms. The molecule has 0 saturated carbocycles. The Bertz CT molecular complexity index is 378. The van der Waals surface area contributed by atoms with Crippen molar-refractivity contribution in [1.82, 2.24) is 19.9 Å². The second-order valence-corrected chi connectivity index (χ2v) is 5.02. The molecular weight excluding hydrogens is 230 g/mol. The Morgan fingerprint density at radius 1 is 1.56 bits per heavy atom. The van der Waals surface area contributed by atoms with Gasteiger partial charge in [-0.3, -0.25) is 9.48 Å². The van der Waals surface area contributed by atoms with Gasteiger partial charge in [0, 0.05) is 31.7 Å². The number of amides is 1. The Kier molecular flexibility index (Phi) is 4.30. The van der Waals surface area contributed by atoms with E-state index >= 15 is 0 Å². The molecule has 2 atom stereocenters.